The molecule has 0 atom stereocenters. The molecule has 0 spiro atoms. The third kappa shape index (κ3) is 4.40. The number of hydrogen-bond donors (Lipinski definition) is 0. The van der Waals surface area contributed by atoms with Crippen LogP contribution in [0.5, 0.6) is 0 Å². The molecule has 1 amide bonds. The first-order valence-corrected chi connectivity index (χ1v) is 10.0. The standard InChI is InChI=1S/C21H22ClN5O2/c1-15-17(20(22)29-25-15)7-8-19(28)27-13-11-26(12-14-27)18-9-10-23-21(24-18)16-5-3-2-4-6-16/h2-6,9-10H,7-8,11-14H2,1H3. The van der Waals surface area contributed by atoms with Crippen LogP contribution in [0.15, 0.2) is 47.1 Å². The van der Waals surface area contributed by atoms with E-state index in [1.54, 1.807) is 6.20 Å². The van der Waals surface area contributed by atoms with Crippen LogP contribution in [-0.2, 0) is 11.2 Å². The minimum atomic E-state index is 0.119. The van der Waals surface area contributed by atoms with Gasteiger partial charge in [0.25, 0.3) is 0 Å². The summed E-state index contributed by atoms with van der Waals surface area (Å²) < 4.78 is 4.95. The summed E-state index contributed by atoms with van der Waals surface area (Å²) in [4.78, 5) is 25.8. The van der Waals surface area contributed by atoms with Crippen molar-refractivity contribution in [1.82, 2.24) is 20.0 Å². The first-order valence-electron chi connectivity index (χ1n) is 9.63. The van der Waals surface area contributed by atoms with Gasteiger partial charge in [-0.2, -0.15) is 0 Å². The monoisotopic (exact) mass is 411 g/mol. The van der Waals surface area contributed by atoms with Crippen LogP contribution in [0.3, 0.4) is 0 Å². The van der Waals surface area contributed by atoms with Gasteiger partial charge in [-0.05, 0) is 31.0 Å². The maximum Gasteiger partial charge on any atom is 0.229 e. The molecule has 150 valence electrons. The molecule has 0 bridgehead atoms. The number of piperazine rings is 1. The van der Waals surface area contributed by atoms with Crippen molar-refractivity contribution in [2.45, 2.75) is 19.8 Å². The highest BCUT2D eigenvalue weighted by Gasteiger charge is 2.23. The number of hydrogen-bond acceptors (Lipinski definition) is 6. The predicted molar refractivity (Wildman–Crippen MR) is 111 cm³/mol. The molecule has 0 radical (unpaired) electrons. The lowest BCUT2D eigenvalue weighted by atomic mass is 10.1. The van der Waals surface area contributed by atoms with Crippen molar-refractivity contribution in [1.29, 1.82) is 0 Å². The molecule has 0 unspecified atom stereocenters. The summed E-state index contributed by atoms with van der Waals surface area (Å²) in [7, 11) is 0. The number of aryl methyl sites for hydroxylation is 1. The SMILES string of the molecule is Cc1noc(Cl)c1CCC(=O)N1CCN(c2ccnc(-c3ccccc3)n2)CC1. The zero-order chi connectivity index (χ0) is 20.2. The summed E-state index contributed by atoms with van der Waals surface area (Å²) in [5, 5.41) is 4.10. The number of benzene rings is 1. The lowest BCUT2D eigenvalue weighted by Crippen LogP contribution is -2.49. The van der Waals surface area contributed by atoms with Gasteiger partial charge in [-0.1, -0.05) is 35.5 Å². The van der Waals surface area contributed by atoms with Crippen molar-refractivity contribution in [3.63, 3.8) is 0 Å². The van der Waals surface area contributed by atoms with Gasteiger partial charge in [0.1, 0.15) is 5.82 Å². The van der Waals surface area contributed by atoms with E-state index in [4.69, 9.17) is 21.1 Å². The maximum atomic E-state index is 12.6. The van der Waals surface area contributed by atoms with E-state index in [-0.39, 0.29) is 11.1 Å². The highest BCUT2D eigenvalue weighted by molar-refractivity contribution is 6.29. The van der Waals surface area contributed by atoms with Gasteiger partial charge >= 0.3 is 0 Å². The quantitative estimate of drug-likeness (QED) is 0.640. The fourth-order valence-electron chi connectivity index (χ4n) is 3.47. The Kier molecular flexibility index (Phi) is 5.76. The second-order valence-electron chi connectivity index (χ2n) is 6.99. The van der Waals surface area contributed by atoms with Crippen LogP contribution in [0.2, 0.25) is 5.22 Å². The van der Waals surface area contributed by atoms with Crippen molar-refractivity contribution in [3.8, 4) is 11.4 Å². The van der Waals surface area contributed by atoms with Crippen LogP contribution in [-0.4, -0.2) is 52.1 Å². The summed E-state index contributed by atoms with van der Waals surface area (Å²) in [5.74, 6) is 1.72. The van der Waals surface area contributed by atoms with E-state index < -0.39 is 0 Å². The van der Waals surface area contributed by atoms with Crippen molar-refractivity contribution in [3.05, 3.63) is 59.1 Å². The minimum Gasteiger partial charge on any atom is -0.353 e. The van der Waals surface area contributed by atoms with E-state index in [9.17, 15) is 4.79 Å². The van der Waals surface area contributed by atoms with Crippen LogP contribution in [0.4, 0.5) is 5.82 Å². The Morgan fingerprint density at radius 2 is 1.90 bits per heavy atom. The number of aromatic nitrogens is 3. The summed E-state index contributed by atoms with van der Waals surface area (Å²) in [6, 6.07) is 11.8. The van der Waals surface area contributed by atoms with Gasteiger partial charge in [0.15, 0.2) is 5.82 Å². The average molecular weight is 412 g/mol. The van der Waals surface area contributed by atoms with Gasteiger partial charge in [-0.3, -0.25) is 4.79 Å². The van der Waals surface area contributed by atoms with Gasteiger partial charge in [0.2, 0.25) is 11.1 Å². The smallest absolute Gasteiger partial charge is 0.229 e. The third-order valence-electron chi connectivity index (χ3n) is 5.15. The van der Waals surface area contributed by atoms with E-state index in [0.717, 1.165) is 35.7 Å². The average Bonchev–Trinajstić information content (AvgIpc) is 3.10. The fraction of sp³-hybridized carbons (Fsp3) is 0.333. The molecule has 1 aliphatic heterocycles. The molecule has 8 heteroatoms. The highest BCUT2D eigenvalue weighted by atomic mass is 35.5. The number of halogens is 1. The Morgan fingerprint density at radius 1 is 1.14 bits per heavy atom. The van der Waals surface area contributed by atoms with Gasteiger partial charge in [0.05, 0.1) is 5.69 Å². The molecule has 1 aliphatic rings. The van der Waals surface area contributed by atoms with Crippen LogP contribution in [0.1, 0.15) is 17.7 Å². The molecule has 4 rings (SSSR count). The van der Waals surface area contributed by atoms with Crippen molar-refractivity contribution in [2.24, 2.45) is 0 Å². The molecular weight excluding hydrogens is 390 g/mol. The molecule has 3 aromatic rings. The van der Waals surface area contributed by atoms with Crippen LogP contribution >= 0.6 is 11.6 Å². The molecule has 29 heavy (non-hydrogen) atoms. The molecule has 7 nitrogen and oxygen atoms in total. The Bertz CT molecular complexity index is 964. The number of rotatable bonds is 5. The Balaban J connectivity index is 1.34. The Hall–Kier alpha value is -2.93. The first kappa shape index (κ1) is 19.4. The van der Waals surface area contributed by atoms with Gasteiger partial charge in [0, 0.05) is 49.9 Å². The molecular formula is C21H22ClN5O2. The van der Waals surface area contributed by atoms with Gasteiger partial charge < -0.3 is 14.3 Å². The van der Waals surface area contributed by atoms with E-state index in [0.29, 0.717) is 31.8 Å². The third-order valence-corrected chi connectivity index (χ3v) is 5.45. The number of amides is 1. The number of carbonyl (C=O) groups excluding carboxylic acids is 1. The maximum absolute atomic E-state index is 12.6. The van der Waals surface area contributed by atoms with E-state index >= 15 is 0 Å². The molecule has 0 N–H and O–H groups in total. The van der Waals surface area contributed by atoms with E-state index in [2.05, 4.69) is 15.0 Å². The Morgan fingerprint density at radius 3 is 2.59 bits per heavy atom. The molecule has 0 saturated carbocycles. The number of nitrogens with zero attached hydrogens (tertiary/aromatic N) is 5. The summed E-state index contributed by atoms with van der Waals surface area (Å²) in [6.45, 7) is 4.65. The normalized spacial score (nSPS) is 14.3. The largest absolute Gasteiger partial charge is 0.353 e. The van der Waals surface area contributed by atoms with Crippen LogP contribution in [0, 0.1) is 6.92 Å². The fourth-order valence-corrected chi connectivity index (χ4v) is 3.73. The van der Waals surface area contributed by atoms with E-state index in [1.165, 1.54) is 0 Å². The van der Waals surface area contributed by atoms with Gasteiger partial charge in [-0.15, -0.1) is 0 Å². The Labute approximate surface area is 174 Å². The zero-order valence-corrected chi connectivity index (χ0v) is 17.0. The zero-order valence-electron chi connectivity index (χ0n) is 16.2. The topological polar surface area (TPSA) is 75.4 Å². The molecule has 2 aromatic heterocycles. The number of carbonyl (C=O) groups is 1. The summed E-state index contributed by atoms with van der Waals surface area (Å²) in [6.07, 6.45) is 2.72. The molecule has 1 fully saturated rings. The van der Waals surface area contributed by atoms with Crippen molar-refractivity contribution >= 4 is 23.3 Å². The first-order chi connectivity index (χ1) is 14.1. The lowest BCUT2D eigenvalue weighted by Gasteiger charge is -2.35. The van der Waals surface area contributed by atoms with Crippen LogP contribution < -0.4 is 4.90 Å². The van der Waals surface area contributed by atoms with Crippen molar-refractivity contribution in [2.75, 3.05) is 31.1 Å². The second kappa shape index (κ2) is 8.61. The second-order valence-corrected chi connectivity index (χ2v) is 7.34. The molecule has 1 aromatic carbocycles. The van der Waals surface area contributed by atoms with Gasteiger partial charge in [-0.25, -0.2) is 9.97 Å². The highest BCUT2D eigenvalue weighted by Crippen LogP contribution is 2.22. The predicted octanol–water partition coefficient (Wildman–Crippen LogP) is 3.37. The van der Waals surface area contributed by atoms with E-state index in [1.807, 2.05) is 48.2 Å². The molecule has 0 aliphatic carbocycles. The number of anilines is 1. The van der Waals surface area contributed by atoms with Crippen LogP contribution in [0.25, 0.3) is 11.4 Å². The summed E-state index contributed by atoms with van der Waals surface area (Å²) >= 11 is 5.99. The summed E-state index contributed by atoms with van der Waals surface area (Å²) in [5.41, 5.74) is 2.55. The lowest BCUT2D eigenvalue weighted by molar-refractivity contribution is -0.131. The molecule has 1 saturated heterocycles. The molecule has 3 heterocycles. The minimum absolute atomic E-state index is 0.119. The van der Waals surface area contributed by atoms with Crippen molar-refractivity contribution < 1.29 is 9.32 Å².